The van der Waals surface area contributed by atoms with Crippen molar-refractivity contribution in [3.8, 4) is 0 Å². The first kappa shape index (κ1) is 16.3. The molecule has 0 aliphatic rings. The van der Waals surface area contributed by atoms with Gasteiger partial charge in [-0.2, -0.15) is 0 Å². The molecule has 1 N–H and O–H groups in total. The first-order valence-electron chi connectivity index (χ1n) is 6.75. The Hall–Kier alpha value is -2.09. The molecule has 1 aromatic heterocycles. The number of halogens is 1. The number of aromatic nitrogens is 3. The van der Waals surface area contributed by atoms with Gasteiger partial charge in [0, 0.05) is 12.2 Å². The number of thioether (sulfide) groups is 1. The van der Waals surface area contributed by atoms with Crippen LogP contribution in [0.5, 0.6) is 0 Å². The molecular weight excluding hydrogens is 307 g/mol. The first-order chi connectivity index (χ1) is 10.6. The number of nitrogens with one attached hydrogen (secondary N) is 1. The van der Waals surface area contributed by atoms with Gasteiger partial charge in [0.1, 0.15) is 5.82 Å². The Bertz CT molecular complexity index is 630. The minimum Gasteiger partial charge on any atom is -0.468 e. The maximum Gasteiger partial charge on any atom is 0.316 e. The van der Waals surface area contributed by atoms with Gasteiger partial charge in [-0.3, -0.25) is 4.79 Å². The van der Waals surface area contributed by atoms with Gasteiger partial charge in [-0.25, -0.2) is 4.39 Å². The van der Waals surface area contributed by atoms with E-state index >= 15 is 0 Å². The summed E-state index contributed by atoms with van der Waals surface area (Å²) in [6.45, 7) is 3.13. The zero-order valence-electron chi connectivity index (χ0n) is 12.4. The monoisotopic (exact) mass is 324 g/mol. The highest BCUT2D eigenvalue weighted by molar-refractivity contribution is 7.99. The zero-order valence-corrected chi connectivity index (χ0v) is 13.2. The number of hydrogen-bond donors (Lipinski definition) is 1. The van der Waals surface area contributed by atoms with Gasteiger partial charge >= 0.3 is 5.97 Å². The van der Waals surface area contributed by atoms with Crippen molar-refractivity contribution >= 4 is 23.4 Å². The van der Waals surface area contributed by atoms with E-state index in [9.17, 15) is 9.18 Å². The lowest BCUT2D eigenvalue weighted by molar-refractivity contribution is -0.137. The predicted octanol–water partition coefficient (Wildman–Crippen LogP) is 2.31. The molecule has 118 valence electrons. The summed E-state index contributed by atoms with van der Waals surface area (Å²) in [5.41, 5.74) is 0.802. The number of carbonyl (C=O) groups excluding carboxylic acids is 1. The summed E-state index contributed by atoms with van der Waals surface area (Å²) in [5, 5.41) is 12.0. The van der Waals surface area contributed by atoms with Gasteiger partial charge in [0.05, 0.1) is 19.4 Å². The van der Waals surface area contributed by atoms with Crippen molar-refractivity contribution in [3.05, 3.63) is 35.9 Å². The van der Waals surface area contributed by atoms with Crippen molar-refractivity contribution in [2.75, 3.05) is 18.2 Å². The predicted molar refractivity (Wildman–Crippen MR) is 82.2 cm³/mol. The number of benzene rings is 1. The number of nitrogens with zero attached hydrogens (tertiary/aromatic N) is 3. The fraction of sp³-hybridized carbons (Fsp3) is 0.357. The molecule has 0 aliphatic carbocycles. The van der Waals surface area contributed by atoms with E-state index in [2.05, 4.69) is 20.3 Å². The van der Waals surface area contributed by atoms with Crippen LogP contribution < -0.4 is 5.32 Å². The number of rotatable bonds is 7. The highest BCUT2D eigenvalue weighted by atomic mass is 32.2. The third-order valence-corrected chi connectivity index (χ3v) is 3.89. The van der Waals surface area contributed by atoms with E-state index in [-0.39, 0.29) is 17.5 Å². The second-order valence-corrected chi connectivity index (χ2v) is 5.31. The van der Waals surface area contributed by atoms with Crippen LogP contribution in [0.4, 0.5) is 10.1 Å². The summed E-state index contributed by atoms with van der Waals surface area (Å²) in [4.78, 5) is 11.2. The van der Waals surface area contributed by atoms with Crippen LogP contribution in [0.25, 0.3) is 0 Å². The van der Waals surface area contributed by atoms with E-state index in [4.69, 9.17) is 0 Å². The molecule has 6 nitrogen and oxygen atoms in total. The van der Waals surface area contributed by atoms with Gasteiger partial charge in [0.15, 0.2) is 11.0 Å². The van der Waals surface area contributed by atoms with E-state index in [0.29, 0.717) is 18.2 Å². The smallest absolute Gasteiger partial charge is 0.316 e. The number of esters is 1. The van der Waals surface area contributed by atoms with E-state index in [0.717, 1.165) is 11.5 Å². The average molecular weight is 324 g/mol. The zero-order chi connectivity index (χ0) is 15.9. The SMILES string of the molecule is CCn1c(CNc2ccc(F)cc2)nnc1SCC(=O)OC. The Morgan fingerprint density at radius 1 is 1.36 bits per heavy atom. The van der Waals surface area contributed by atoms with Gasteiger partial charge in [-0.05, 0) is 31.2 Å². The van der Waals surface area contributed by atoms with Crippen LogP contribution in [0.15, 0.2) is 29.4 Å². The first-order valence-corrected chi connectivity index (χ1v) is 7.73. The molecule has 0 amide bonds. The molecule has 1 aromatic carbocycles. The average Bonchev–Trinajstić information content (AvgIpc) is 2.94. The van der Waals surface area contributed by atoms with Crippen molar-refractivity contribution in [1.82, 2.24) is 14.8 Å². The maximum absolute atomic E-state index is 12.9. The molecule has 0 radical (unpaired) electrons. The van der Waals surface area contributed by atoms with Crippen molar-refractivity contribution in [2.24, 2.45) is 0 Å². The second-order valence-electron chi connectivity index (χ2n) is 4.37. The summed E-state index contributed by atoms with van der Waals surface area (Å²) >= 11 is 1.29. The molecule has 8 heteroatoms. The van der Waals surface area contributed by atoms with Crippen LogP contribution in [-0.4, -0.2) is 33.6 Å². The molecule has 0 saturated carbocycles. The van der Waals surface area contributed by atoms with E-state index in [1.807, 2.05) is 11.5 Å². The van der Waals surface area contributed by atoms with Crippen LogP contribution in [0.2, 0.25) is 0 Å². The summed E-state index contributed by atoms with van der Waals surface area (Å²) in [5.74, 6) is 0.365. The fourth-order valence-corrected chi connectivity index (χ4v) is 2.66. The third kappa shape index (κ3) is 4.20. The molecule has 0 aliphatic heterocycles. The third-order valence-electron chi connectivity index (χ3n) is 2.95. The lowest BCUT2D eigenvalue weighted by atomic mass is 10.3. The van der Waals surface area contributed by atoms with Gasteiger partial charge in [0.25, 0.3) is 0 Å². The Morgan fingerprint density at radius 3 is 2.73 bits per heavy atom. The van der Waals surface area contributed by atoms with Crippen molar-refractivity contribution in [1.29, 1.82) is 0 Å². The normalized spacial score (nSPS) is 10.5. The largest absolute Gasteiger partial charge is 0.468 e. The summed E-state index contributed by atoms with van der Waals surface area (Å²) in [7, 11) is 1.35. The summed E-state index contributed by atoms with van der Waals surface area (Å²) < 4.78 is 19.4. The summed E-state index contributed by atoms with van der Waals surface area (Å²) in [6, 6.07) is 6.11. The molecule has 0 unspecified atom stereocenters. The molecule has 2 aromatic rings. The van der Waals surface area contributed by atoms with Crippen molar-refractivity contribution in [3.63, 3.8) is 0 Å². The van der Waals surface area contributed by atoms with Crippen LogP contribution >= 0.6 is 11.8 Å². The molecule has 0 bridgehead atoms. The van der Waals surface area contributed by atoms with E-state index < -0.39 is 0 Å². The highest BCUT2D eigenvalue weighted by Gasteiger charge is 2.13. The van der Waals surface area contributed by atoms with E-state index in [1.165, 1.54) is 31.0 Å². The minimum atomic E-state index is -0.304. The number of carbonyl (C=O) groups is 1. The number of hydrogen-bond acceptors (Lipinski definition) is 6. The van der Waals surface area contributed by atoms with Gasteiger partial charge in [0.2, 0.25) is 0 Å². The minimum absolute atomic E-state index is 0.194. The molecular formula is C14H17FN4O2S. The Morgan fingerprint density at radius 2 is 2.09 bits per heavy atom. The van der Waals surface area contributed by atoms with Crippen LogP contribution in [0.3, 0.4) is 0 Å². The molecule has 0 atom stereocenters. The molecule has 2 rings (SSSR count). The molecule has 0 fully saturated rings. The second kappa shape index (κ2) is 7.79. The lowest BCUT2D eigenvalue weighted by Crippen LogP contribution is -2.10. The number of methoxy groups -OCH3 is 1. The van der Waals surface area contributed by atoms with E-state index in [1.54, 1.807) is 12.1 Å². The van der Waals surface area contributed by atoms with Crippen molar-refractivity contribution in [2.45, 2.75) is 25.2 Å². The molecule has 0 saturated heterocycles. The Labute approximate surface area is 132 Å². The van der Waals surface area contributed by atoms with Crippen LogP contribution in [-0.2, 0) is 22.6 Å². The standard InChI is InChI=1S/C14H17FN4O2S/c1-3-19-12(8-16-11-6-4-10(15)5-7-11)17-18-14(19)22-9-13(20)21-2/h4-7,16H,3,8-9H2,1-2H3. The Kier molecular flexibility index (Phi) is 5.76. The summed E-state index contributed by atoms with van der Waals surface area (Å²) in [6.07, 6.45) is 0. The van der Waals surface area contributed by atoms with Crippen LogP contribution in [0.1, 0.15) is 12.7 Å². The lowest BCUT2D eigenvalue weighted by Gasteiger charge is -2.09. The van der Waals surface area contributed by atoms with Crippen molar-refractivity contribution < 1.29 is 13.9 Å². The van der Waals surface area contributed by atoms with Crippen LogP contribution in [0, 0.1) is 5.82 Å². The Balaban J connectivity index is 2.00. The van der Waals surface area contributed by atoms with Gasteiger partial charge < -0.3 is 14.6 Å². The molecule has 0 spiro atoms. The highest BCUT2D eigenvalue weighted by Crippen LogP contribution is 2.18. The molecule has 1 heterocycles. The maximum atomic E-state index is 12.9. The quantitative estimate of drug-likeness (QED) is 0.623. The van der Waals surface area contributed by atoms with Gasteiger partial charge in [-0.1, -0.05) is 11.8 Å². The molecule has 22 heavy (non-hydrogen) atoms. The van der Waals surface area contributed by atoms with Gasteiger partial charge in [-0.15, -0.1) is 10.2 Å². The number of ether oxygens (including phenoxy) is 1. The fourth-order valence-electron chi connectivity index (χ4n) is 1.81. The topological polar surface area (TPSA) is 69.0 Å². The number of anilines is 1.